The molecule has 3 rings (SSSR count). The summed E-state index contributed by atoms with van der Waals surface area (Å²) in [5.41, 5.74) is 2.26. The van der Waals surface area contributed by atoms with Crippen LogP contribution in [0.25, 0.3) is 0 Å². The highest BCUT2D eigenvalue weighted by Crippen LogP contribution is 2.35. The molecular weight excluding hydrogens is 304 g/mol. The zero-order valence-corrected chi connectivity index (χ0v) is 13.7. The number of para-hydroxylation sites is 3. The van der Waals surface area contributed by atoms with Gasteiger partial charge in [-0.15, -0.1) is 0 Å². The minimum atomic E-state index is -0.459. The highest BCUT2D eigenvalue weighted by molar-refractivity contribution is 6.06. The number of anilines is 2. The van der Waals surface area contributed by atoms with Gasteiger partial charge in [0.05, 0.1) is 17.7 Å². The van der Waals surface area contributed by atoms with Crippen molar-refractivity contribution in [2.24, 2.45) is 0 Å². The van der Waals surface area contributed by atoms with Crippen molar-refractivity contribution in [3.05, 3.63) is 54.1 Å². The van der Waals surface area contributed by atoms with Gasteiger partial charge in [-0.1, -0.05) is 30.3 Å². The molecule has 0 saturated carbocycles. The van der Waals surface area contributed by atoms with E-state index in [1.807, 2.05) is 56.3 Å². The minimum Gasteiger partial charge on any atom is -0.489 e. The standard InChI is InChI=1S/C19H20N2O3/c1-12(2)24-17-10-6-5-9-16(17)20-18(22)11-14-13-7-3-4-8-15(13)21-19(14)23/h3-10,12,14H,11H2,1-2H3,(H,20,22)(H,21,23). The van der Waals surface area contributed by atoms with E-state index in [4.69, 9.17) is 4.74 Å². The van der Waals surface area contributed by atoms with Crippen molar-refractivity contribution in [3.8, 4) is 5.75 Å². The molecule has 0 spiro atoms. The first-order valence-electron chi connectivity index (χ1n) is 8.00. The quantitative estimate of drug-likeness (QED) is 0.884. The molecule has 0 fully saturated rings. The fraction of sp³-hybridized carbons (Fsp3) is 0.263. The van der Waals surface area contributed by atoms with Crippen LogP contribution in [0.4, 0.5) is 11.4 Å². The van der Waals surface area contributed by atoms with Crippen LogP contribution in [0.5, 0.6) is 5.75 Å². The molecule has 0 bridgehead atoms. The molecule has 0 aromatic heterocycles. The lowest BCUT2D eigenvalue weighted by atomic mass is 9.97. The summed E-state index contributed by atoms with van der Waals surface area (Å²) in [7, 11) is 0. The Morgan fingerprint density at radius 2 is 1.88 bits per heavy atom. The lowest BCUT2D eigenvalue weighted by Gasteiger charge is -2.15. The molecule has 5 nitrogen and oxygen atoms in total. The number of carbonyl (C=O) groups excluding carboxylic acids is 2. The Labute approximate surface area is 141 Å². The molecule has 2 amide bonds. The van der Waals surface area contributed by atoms with Gasteiger partial charge in [-0.05, 0) is 37.6 Å². The van der Waals surface area contributed by atoms with E-state index in [1.54, 1.807) is 6.07 Å². The number of ether oxygens (including phenoxy) is 1. The molecule has 1 aliphatic heterocycles. The molecule has 2 aromatic carbocycles. The minimum absolute atomic E-state index is 0.00976. The van der Waals surface area contributed by atoms with Gasteiger partial charge in [0.2, 0.25) is 11.8 Å². The maximum Gasteiger partial charge on any atom is 0.232 e. The van der Waals surface area contributed by atoms with Gasteiger partial charge in [0.15, 0.2) is 0 Å². The first-order chi connectivity index (χ1) is 11.5. The summed E-state index contributed by atoms with van der Waals surface area (Å²) in [4.78, 5) is 24.5. The van der Waals surface area contributed by atoms with Crippen LogP contribution in [0.3, 0.4) is 0 Å². The number of nitrogens with one attached hydrogen (secondary N) is 2. The third-order valence-corrected chi connectivity index (χ3v) is 3.82. The van der Waals surface area contributed by atoms with Crippen LogP contribution in [0.15, 0.2) is 48.5 Å². The van der Waals surface area contributed by atoms with Gasteiger partial charge >= 0.3 is 0 Å². The average Bonchev–Trinajstić information content (AvgIpc) is 2.85. The molecule has 2 N–H and O–H groups in total. The molecule has 1 aliphatic rings. The van der Waals surface area contributed by atoms with Crippen molar-refractivity contribution >= 4 is 23.2 Å². The Morgan fingerprint density at radius 3 is 2.67 bits per heavy atom. The number of amides is 2. The van der Waals surface area contributed by atoms with Crippen molar-refractivity contribution in [1.29, 1.82) is 0 Å². The first kappa shape index (κ1) is 16.1. The van der Waals surface area contributed by atoms with Crippen molar-refractivity contribution in [3.63, 3.8) is 0 Å². The van der Waals surface area contributed by atoms with Gasteiger partial charge in [-0.2, -0.15) is 0 Å². The van der Waals surface area contributed by atoms with E-state index in [-0.39, 0.29) is 24.3 Å². The number of fused-ring (bicyclic) bond motifs is 1. The fourth-order valence-corrected chi connectivity index (χ4v) is 2.79. The summed E-state index contributed by atoms with van der Waals surface area (Å²) in [5, 5.41) is 5.66. The molecule has 1 heterocycles. The van der Waals surface area contributed by atoms with Crippen molar-refractivity contribution in [1.82, 2.24) is 0 Å². The number of carbonyl (C=O) groups is 2. The van der Waals surface area contributed by atoms with Gasteiger partial charge in [-0.3, -0.25) is 9.59 Å². The molecule has 1 unspecified atom stereocenters. The lowest BCUT2D eigenvalue weighted by Crippen LogP contribution is -2.21. The smallest absolute Gasteiger partial charge is 0.232 e. The molecule has 2 aromatic rings. The zero-order chi connectivity index (χ0) is 17.1. The Balaban J connectivity index is 1.72. The van der Waals surface area contributed by atoms with Crippen LogP contribution >= 0.6 is 0 Å². The van der Waals surface area contributed by atoms with Crippen molar-refractivity contribution < 1.29 is 14.3 Å². The van der Waals surface area contributed by atoms with E-state index in [9.17, 15) is 9.59 Å². The molecule has 5 heteroatoms. The highest BCUT2D eigenvalue weighted by Gasteiger charge is 2.32. The highest BCUT2D eigenvalue weighted by atomic mass is 16.5. The maximum absolute atomic E-state index is 12.4. The average molecular weight is 324 g/mol. The van der Waals surface area contributed by atoms with Crippen molar-refractivity contribution in [2.45, 2.75) is 32.3 Å². The number of benzene rings is 2. The molecule has 24 heavy (non-hydrogen) atoms. The van der Waals surface area contributed by atoms with E-state index >= 15 is 0 Å². The SMILES string of the molecule is CC(C)Oc1ccccc1NC(=O)CC1C(=O)Nc2ccccc21. The third-order valence-electron chi connectivity index (χ3n) is 3.82. The second-order valence-electron chi connectivity index (χ2n) is 6.04. The Morgan fingerprint density at radius 1 is 1.17 bits per heavy atom. The zero-order valence-electron chi connectivity index (χ0n) is 13.7. The predicted octanol–water partition coefficient (Wildman–Crippen LogP) is 3.54. The van der Waals surface area contributed by atoms with Gasteiger partial charge in [0.1, 0.15) is 5.75 Å². The van der Waals surface area contributed by atoms with Gasteiger partial charge < -0.3 is 15.4 Å². The first-order valence-corrected chi connectivity index (χ1v) is 8.00. The molecular formula is C19H20N2O3. The van der Waals surface area contributed by atoms with Gasteiger partial charge in [0.25, 0.3) is 0 Å². The van der Waals surface area contributed by atoms with Crippen molar-refractivity contribution in [2.75, 3.05) is 10.6 Å². The second kappa shape index (κ2) is 6.74. The largest absolute Gasteiger partial charge is 0.489 e. The van der Waals surface area contributed by atoms with Crippen LogP contribution in [-0.4, -0.2) is 17.9 Å². The fourth-order valence-electron chi connectivity index (χ4n) is 2.79. The van der Waals surface area contributed by atoms with Crippen LogP contribution in [0.2, 0.25) is 0 Å². The summed E-state index contributed by atoms with van der Waals surface area (Å²) in [5.74, 6) is -0.193. The Bertz CT molecular complexity index is 771. The summed E-state index contributed by atoms with van der Waals surface area (Å²) in [6, 6.07) is 14.7. The Kier molecular flexibility index (Phi) is 4.51. The summed E-state index contributed by atoms with van der Waals surface area (Å²) in [6.07, 6.45) is 0.106. The van der Waals surface area contributed by atoms with E-state index in [1.165, 1.54) is 0 Å². The summed E-state index contributed by atoms with van der Waals surface area (Å²) >= 11 is 0. The Hall–Kier alpha value is -2.82. The van der Waals surface area contributed by atoms with E-state index in [2.05, 4.69) is 10.6 Å². The number of hydrogen-bond donors (Lipinski definition) is 2. The monoisotopic (exact) mass is 324 g/mol. The second-order valence-corrected chi connectivity index (χ2v) is 6.04. The van der Waals surface area contributed by atoms with E-state index in [0.717, 1.165) is 11.3 Å². The van der Waals surface area contributed by atoms with E-state index < -0.39 is 5.92 Å². The molecule has 124 valence electrons. The van der Waals surface area contributed by atoms with Crippen LogP contribution in [0, 0.1) is 0 Å². The molecule has 0 saturated heterocycles. The lowest BCUT2D eigenvalue weighted by molar-refractivity contribution is -0.122. The van der Waals surface area contributed by atoms with E-state index in [0.29, 0.717) is 11.4 Å². The van der Waals surface area contributed by atoms with Gasteiger partial charge in [0, 0.05) is 12.1 Å². The van der Waals surface area contributed by atoms with Crippen LogP contribution in [-0.2, 0) is 9.59 Å². The third kappa shape index (κ3) is 3.40. The molecule has 0 aliphatic carbocycles. The summed E-state index contributed by atoms with van der Waals surface area (Å²) in [6.45, 7) is 3.86. The van der Waals surface area contributed by atoms with Gasteiger partial charge in [-0.25, -0.2) is 0 Å². The maximum atomic E-state index is 12.4. The number of hydrogen-bond acceptors (Lipinski definition) is 3. The van der Waals surface area contributed by atoms with Crippen LogP contribution < -0.4 is 15.4 Å². The number of rotatable bonds is 5. The molecule has 0 radical (unpaired) electrons. The molecule has 1 atom stereocenters. The van der Waals surface area contributed by atoms with Crippen LogP contribution in [0.1, 0.15) is 31.7 Å². The normalized spacial score (nSPS) is 15.8. The summed E-state index contributed by atoms with van der Waals surface area (Å²) < 4.78 is 5.70. The topological polar surface area (TPSA) is 67.4 Å². The predicted molar refractivity (Wildman–Crippen MR) is 93.3 cm³/mol.